The van der Waals surface area contributed by atoms with E-state index in [9.17, 15) is 22.0 Å². The first-order chi connectivity index (χ1) is 8.30. The normalized spacial score (nSPS) is 11.8. The Morgan fingerprint density at radius 1 is 1.39 bits per heavy atom. The van der Waals surface area contributed by atoms with Crippen LogP contribution >= 0.6 is 0 Å². The molecule has 102 valence electrons. The molecule has 0 spiro atoms. The van der Waals surface area contributed by atoms with Gasteiger partial charge in [-0.15, -0.1) is 13.2 Å². The Hall–Kier alpha value is -1.64. The van der Waals surface area contributed by atoms with Gasteiger partial charge >= 0.3 is 6.36 Å². The maximum absolute atomic E-state index is 12.8. The first-order valence-electron chi connectivity index (χ1n) is 4.59. The van der Waals surface area contributed by atoms with Crippen molar-refractivity contribution in [3.63, 3.8) is 0 Å². The zero-order chi connectivity index (χ0) is 13.9. The first kappa shape index (κ1) is 14.4. The predicted octanol–water partition coefficient (Wildman–Crippen LogP) is 2.39. The van der Waals surface area contributed by atoms with Crippen LogP contribution in [0, 0.1) is 0 Å². The van der Waals surface area contributed by atoms with Crippen LogP contribution in [0.3, 0.4) is 0 Å². The van der Waals surface area contributed by atoms with Crippen LogP contribution < -0.4 is 15.2 Å². The first-order valence-corrected chi connectivity index (χ1v) is 4.59. The molecule has 0 aliphatic rings. The monoisotopic (exact) mass is 272 g/mol. The number of methoxy groups -OCH3 is 1. The third-order valence-corrected chi connectivity index (χ3v) is 2.01. The molecule has 18 heavy (non-hydrogen) atoms. The Labute approximate surface area is 98.5 Å². The van der Waals surface area contributed by atoms with E-state index < -0.39 is 30.8 Å². The Balaban J connectivity index is 3.35. The zero-order valence-corrected chi connectivity index (χ0v) is 9.09. The largest absolute Gasteiger partial charge is 0.574 e. The number of alkyl halides is 5. The van der Waals surface area contributed by atoms with Crippen molar-refractivity contribution in [3.8, 4) is 11.6 Å². The van der Waals surface area contributed by atoms with Gasteiger partial charge in [0, 0.05) is 12.1 Å². The second kappa shape index (κ2) is 5.34. The number of nitrogens with zero attached hydrogens (tertiary/aromatic N) is 1. The van der Waals surface area contributed by atoms with E-state index in [0.29, 0.717) is 0 Å². The van der Waals surface area contributed by atoms with Crippen LogP contribution in [0.5, 0.6) is 11.6 Å². The fourth-order valence-corrected chi connectivity index (χ4v) is 1.33. The number of hydrogen-bond donors (Lipinski definition) is 1. The van der Waals surface area contributed by atoms with Gasteiger partial charge in [-0.05, 0) is 0 Å². The van der Waals surface area contributed by atoms with Crippen molar-refractivity contribution < 1.29 is 31.4 Å². The van der Waals surface area contributed by atoms with Gasteiger partial charge in [-0.2, -0.15) is 0 Å². The van der Waals surface area contributed by atoms with Crippen LogP contribution in [-0.4, -0.2) is 18.5 Å². The van der Waals surface area contributed by atoms with Crippen molar-refractivity contribution in [1.29, 1.82) is 0 Å². The molecule has 0 radical (unpaired) electrons. The van der Waals surface area contributed by atoms with Crippen molar-refractivity contribution >= 4 is 0 Å². The van der Waals surface area contributed by atoms with Crippen molar-refractivity contribution in [3.05, 3.63) is 17.3 Å². The van der Waals surface area contributed by atoms with Crippen LogP contribution in [0.4, 0.5) is 22.0 Å². The Bertz CT molecular complexity index is 422. The molecule has 0 saturated heterocycles. The summed E-state index contributed by atoms with van der Waals surface area (Å²) in [6, 6.07) is 0. The summed E-state index contributed by atoms with van der Waals surface area (Å²) in [5.41, 5.74) is 3.92. The molecule has 0 bridgehead atoms. The number of ether oxygens (including phenoxy) is 2. The van der Waals surface area contributed by atoms with Crippen molar-refractivity contribution in [2.45, 2.75) is 19.3 Å². The number of hydrogen-bond acceptors (Lipinski definition) is 4. The molecule has 0 aromatic carbocycles. The molecule has 0 fully saturated rings. The molecule has 9 heteroatoms. The fourth-order valence-electron chi connectivity index (χ4n) is 1.33. The van der Waals surface area contributed by atoms with E-state index in [1.54, 1.807) is 0 Å². The molecule has 0 atom stereocenters. The average Bonchev–Trinajstić information content (AvgIpc) is 2.25. The standard InChI is InChI=1S/C9H9F5N2O2/c1-17-5-3-16-8(18-9(12,13)14)6(7(10)11)4(5)2-15/h3,7H,2,15H2,1H3. The van der Waals surface area contributed by atoms with Gasteiger partial charge in [-0.1, -0.05) is 0 Å². The molecule has 0 saturated carbocycles. The van der Waals surface area contributed by atoms with E-state index in [4.69, 9.17) is 10.5 Å². The van der Waals surface area contributed by atoms with E-state index in [1.807, 2.05) is 0 Å². The van der Waals surface area contributed by atoms with Gasteiger partial charge in [0.1, 0.15) is 5.75 Å². The third kappa shape index (κ3) is 3.19. The Morgan fingerprint density at radius 3 is 2.39 bits per heavy atom. The molecule has 0 aliphatic carbocycles. The quantitative estimate of drug-likeness (QED) is 0.855. The summed E-state index contributed by atoms with van der Waals surface area (Å²) in [5, 5.41) is 0. The van der Waals surface area contributed by atoms with Gasteiger partial charge in [-0.3, -0.25) is 0 Å². The lowest BCUT2D eigenvalue weighted by atomic mass is 10.1. The van der Waals surface area contributed by atoms with E-state index >= 15 is 0 Å². The third-order valence-electron chi connectivity index (χ3n) is 2.01. The minimum Gasteiger partial charge on any atom is -0.495 e. The molecule has 0 amide bonds. The van der Waals surface area contributed by atoms with Gasteiger partial charge < -0.3 is 15.2 Å². The molecular weight excluding hydrogens is 263 g/mol. The van der Waals surface area contributed by atoms with E-state index in [-0.39, 0.29) is 11.3 Å². The van der Waals surface area contributed by atoms with E-state index in [0.717, 1.165) is 13.3 Å². The maximum Gasteiger partial charge on any atom is 0.574 e. The van der Waals surface area contributed by atoms with Gasteiger partial charge in [-0.25, -0.2) is 13.8 Å². The highest BCUT2D eigenvalue weighted by Crippen LogP contribution is 2.37. The molecule has 1 rings (SSSR count). The number of pyridine rings is 1. The second-order valence-electron chi connectivity index (χ2n) is 3.08. The number of nitrogens with two attached hydrogens (primary N) is 1. The molecule has 1 aromatic heterocycles. The lowest BCUT2D eigenvalue weighted by Crippen LogP contribution is -2.20. The lowest BCUT2D eigenvalue weighted by molar-refractivity contribution is -0.276. The molecule has 1 aromatic rings. The molecular formula is C9H9F5N2O2. The SMILES string of the molecule is COc1cnc(OC(F)(F)F)c(C(F)F)c1CN. The number of aromatic nitrogens is 1. The Kier molecular flexibility index (Phi) is 4.28. The summed E-state index contributed by atoms with van der Waals surface area (Å²) >= 11 is 0. The lowest BCUT2D eigenvalue weighted by Gasteiger charge is -2.16. The highest BCUT2D eigenvalue weighted by atomic mass is 19.4. The van der Waals surface area contributed by atoms with E-state index in [2.05, 4.69) is 9.72 Å². The van der Waals surface area contributed by atoms with Crippen molar-refractivity contribution in [2.75, 3.05) is 7.11 Å². The summed E-state index contributed by atoms with van der Waals surface area (Å²) in [6.07, 6.45) is -7.49. The summed E-state index contributed by atoms with van der Waals surface area (Å²) in [5.74, 6) is -1.35. The van der Waals surface area contributed by atoms with Gasteiger partial charge in [0.05, 0.1) is 18.9 Å². The summed E-state index contributed by atoms with van der Waals surface area (Å²) in [4.78, 5) is 3.16. The Morgan fingerprint density at radius 2 is 2.00 bits per heavy atom. The number of rotatable bonds is 4. The molecule has 0 unspecified atom stereocenters. The highest BCUT2D eigenvalue weighted by molar-refractivity contribution is 5.44. The summed E-state index contributed by atoms with van der Waals surface area (Å²) in [7, 11) is 1.16. The van der Waals surface area contributed by atoms with Crippen LogP contribution in [0.2, 0.25) is 0 Å². The van der Waals surface area contributed by atoms with Gasteiger partial charge in [0.2, 0.25) is 5.88 Å². The topological polar surface area (TPSA) is 57.4 Å². The molecule has 4 nitrogen and oxygen atoms in total. The second-order valence-corrected chi connectivity index (χ2v) is 3.08. The van der Waals surface area contributed by atoms with Gasteiger partial charge in [0.25, 0.3) is 6.43 Å². The minimum atomic E-state index is -5.11. The van der Waals surface area contributed by atoms with Crippen LogP contribution in [0.15, 0.2) is 6.20 Å². The summed E-state index contributed by atoms with van der Waals surface area (Å²) in [6.45, 7) is -0.431. The highest BCUT2D eigenvalue weighted by Gasteiger charge is 2.35. The van der Waals surface area contributed by atoms with E-state index in [1.165, 1.54) is 0 Å². The summed E-state index contributed by atoms with van der Waals surface area (Å²) < 4.78 is 69.8. The fraction of sp³-hybridized carbons (Fsp3) is 0.444. The van der Waals surface area contributed by atoms with Crippen LogP contribution in [-0.2, 0) is 6.54 Å². The van der Waals surface area contributed by atoms with Crippen LogP contribution in [0.1, 0.15) is 17.6 Å². The van der Waals surface area contributed by atoms with Crippen LogP contribution in [0.25, 0.3) is 0 Å². The zero-order valence-electron chi connectivity index (χ0n) is 9.09. The van der Waals surface area contributed by atoms with Crippen molar-refractivity contribution in [2.24, 2.45) is 5.73 Å². The average molecular weight is 272 g/mol. The van der Waals surface area contributed by atoms with Gasteiger partial charge in [0.15, 0.2) is 0 Å². The minimum absolute atomic E-state index is 0.123. The predicted molar refractivity (Wildman–Crippen MR) is 50.3 cm³/mol. The molecule has 0 aliphatic heterocycles. The van der Waals surface area contributed by atoms with Crippen molar-refractivity contribution in [1.82, 2.24) is 4.98 Å². The smallest absolute Gasteiger partial charge is 0.495 e. The molecule has 2 N–H and O–H groups in total. The molecule has 1 heterocycles. The number of halogens is 5. The maximum atomic E-state index is 12.8.